The summed E-state index contributed by atoms with van der Waals surface area (Å²) in [7, 11) is 0. The molecular weight excluding hydrogens is 266 g/mol. The van der Waals surface area contributed by atoms with Gasteiger partial charge >= 0.3 is 0 Å². The Morgan fingerprint density at radius 3 is 2.14 bits per heavy atom. The van der Waals surface area contributed by atoms with Gasteiger partial charge in [0.15, 0.2) is 0 Å². The van der Waals surface area contributed by atoms with Crippen LogP contribution in [0.1, 0.15) is 44.5 Å². The zero-order valence-electron chi connectivity index (χ0n) is 13.1. The normalized spacial score (nSPS) is 12.3. The molecule has 1 aromatic carbocycles. The number of anilines is 1. The molecule has 0 aliphatic heterocycles. The van der Waals surface area contributed by atoms with Crippen molar-refractivity contribution in [1.29, 1.82) is 0 Å². The van der Waals surface area contributed by atoms with Gasteiger partial charge in [-0.05, 0) is 50.5 Å². The summed E-state index contributed by atoms with van der Waals surface area (Å²) in [6, 6.07) is 6.34. The zero-order valence-corrected chi connectivity index (χ0v) is 13.1. The van der Waals surface area contributed by atoms with Crippen molar-refractivity contribution in [2.75, 3.05) is 5.32 Å². The van der Waals surface area contributed by atoms with Gasteiger partial charge in [0.25, 0.3) is 5.91 Å². The molecule has 0 bridgehead atoms. The van der Waals surface area contributed by atoms with Crippen molar-refractivity contribution < 1.29 is 9.59 Å². The molecule has 0 aliphatic carbocycles. The molecule has 116 valence electrons. The van der Waals surface area contributed by atoms with E-state index in [-0.39, 0.29) is 17.9 Å². The minimum atomic E-state index is -0.520. The van der Waals surface area contributed by atoms with Gasteiger partial charge in [-0.25, -0.2) is 0 Å². The van der Waals surface area contributed by atoms with Crippen molar-refractivity contribution in [2.45, 2.75) is 46.2 Å². The van der Waals surface area contributed by atoms with Crippen LogP contribution in [0.2, 0.25) is 0 Å². The first-order valence-electron chi connectivity index (χ1n) is 7.27. The SMILES string of the molecule is CC(C)C[C@@H](N)C(=O)Nc1ccc(C(=O)NC(C)C)cc1. The van der Waals surface area contributed by atoms with Gasteiger partial charge < -0.3 is 16.4 Å². The maximum absolute atomic E-state index is 11.9. The summed E-state index contributed by atoms with van der Waals surface area (Å²) in [6.45, 7) is 7.86. The fourth-order valence-corrected chi connectivity index (χ4v) is 1.90. The number of hydrogen-bond acceptors (Lipinski definition) is 3. The maximum atomic E-state index is 11.9. The molecule has 0 aliphatic rings. The third-order valence-electron chi connectivity index (χ3n) is 2.90. The molecule has 4 N–H and O–H groups in total. The first kappa shape index (κ1) is 17.2. The Bertz CT molecular complexity index is 481. The van der Waals surface area contributed by atoms with Crippen LogP contribution in [0, 0.1) is 5.92 Å². The highest BCUT2D eigenvalue weighted by Crippen LogP contribution is 2.11. The van der Waals surface area contributed by atoms with Crippen molar-refractivity contribution in [3.05, 3.63) is 29.8 Å². The quantitative estimate of drug-likeness (QED) is 0.750. The van der Waals surface area contributed by atoms with Gasteiger partial charge in [-0.1, -0.05) is 13.8 Å². The molecular formula is C16H25N3O2. The second-order valence-corrected chi connectivity index (χ2v) is 5.93. The van der Waals surface area contributed by atoms with Crippen LogP contribution < -0.4 is 16.4 Å². The van der Waals surface area contributed by atoms with Gasteiger partial charge in [-0.15, -0.1) is 0 Å². The monoisotopic (exact) mass is 291 g/mol. The smallest absolute Gasteiger partial charge is 0.251 e. The number of benzene rings is 1. The summed E-state index contributed by atoms with van der Waals surface area (Å²) >= 11 is 0. The Balaban J connectivity index is 2.62. The van der Waals surface area contributed by atoms with E-state index in [0.717, 1.165) is 0 Å². The number of nitrogens with one attached hydrogen (secondary N) is 2. The van der Waals surface area contributed by atoms with E-state index in [0.29, 0.717) is 23.6 Å². The minimum absolute atomic E-state index is 0.0888. The molecule has 1 aromatic rings. The summed E-state index contributed by atoms with van der Waals surface area (Å²) in [5.41, 5.74) is 7.03. The summed E-state index contributed by atoms with van der Waals surface area (Å²) in [5.74, 6) is 0.0373. The van der Waals surface area contributed by atoms with E-state index < -0.39 is 6.04 Å². The molecule has 0 radical (unpaired) electrons. The third-order valence-corrected chi connectivity index (χ3v) is 2.90. The van der Waals surface area contributed by atoms with E-state index in [1.807, 2.05) is 27.7 Å². The largest absolute Gasteiger partial charge is 0.350 e. The van der Waals surface area contributed by atoms with Crippen LogP contribution in [0.4, 0.5) is 5.69 Å². The van der Waals surface area contributed by atoms with Crippen molar-refractivity contribution >= 4 is 17.5 Å². The van der Waals surface area contributed by atoms with Crippen LogP contribution in [0.15, 0.2) is 24.3 Å². The predicted octanol–water partition coefficient (Wildman–Crippen LogP) is 2.14. The lowest BCUT2D eigenvalue weighted by Gasteiger charge is -2.14. The fourth-order valence-electron chi connectivity index (χ4n) is 1.90. The molecule has 0 aromatic heterocycles. The van der Waals surface area contributed by atoms with E-state index in [1.165, 1.54) is 0 Å². The summed E-state index contributed by atoms with van der Waals surface area (Å²) in [4.78, 5) is 23.7. The highest BCUT2D eigenvalue weighted by Gasteiger charge is 2.15. The van der Waals surface area contributed by atoms with Gasteiger partial charge in [0.2, 0.25) is 5.91 Å². The third kappa shape index (κ3) is 5.95. The number of rotatable bonds is 6. The summed E-state index contributed by atoms with van der Waals surface area (Å²) < 4.78 is 0. The number of nitrogens with two attached hydrogens (primary N) is 1. The molecule has 5 nitrogen and oxygen atoms in total. The van der Waals surface area contributed by atoms with E-state index in [2.05, 4.69) is 10.6 Å². The van der Waals surface area contributed by atoms with Crippen molar-refractivity contribution in [3.63, 3.8) is 0 Å². The van der Waals surface area contributed by atoms with Crippen molar-refractivity contribution in [1.82, 2.24) is 5.32 Å². The van der Waals surface area contributed by atoms with Gasteiger partial charge in [0, 0.05) is 17.3 Å². The lowest BCUT2D eigenvalue weighted by molar-refractivity contribution is -0.117. The second kappa shape index (κ2) is 7.78. The minimum Gasteiger partial charge on any atom is -0.350 e. The molecule has 5 heteroatoms. The van der Waals surface area contributed by atoms with Gasteiger partial charge in [-0.2, -0.15) is 0 Å². The lowest BCUT2D eigenvalue weighted by Crippen LogP contribution is -2.36. The molecule has 0 saturated heterocycles. The first-order valence-corrected chi connectivity index (χ1v) is 7.27. The van der Waals surface area contributed by atoms with Crippen LogP contribution in [-0.2, 0) is 4.79 Å². The molecule has 0 saturated carbocycles. The molecule has 0 heterocycles. The molecule has 0 unspecified atom stereocenters. The standard InChI is InChI=1S/C16H25N3O2/c1-10(2)9-14(17)16(21)19-13-7-5-12(6-8-13)15(20)18-11(3)4/h5-8,10-11,14H,9,17H2,1-4H3,(H,18,20)(H,19,21)/t14-/m1/s1. The molecule has 0 fully saturated rings. The number of hydrogen-bond donors (Lipinski definition) is 3. The zero-order chi connectivity index (χ0) is 16.0. The number of carbonyl (C=O) groups excluding carboxylic acids is 2. The second-order valence-electron chi connectivity index (χ2n) is 5.93. The lowest BCUT2D eigenvalue weighted by atomic mass is 10.0. The van der Waals surface area contributed by atoms with E-state index in [4.69, 9.17) is 5.73 Å². The average molecular weight is 291 g/mol. The first-order chi connectivity index (χ1) is 9.79. The van der Waals surface area contributed by atoms with Gasteiger partial charge in [0.1, 0.15) is 0 Å². The van der Waals surface area contributed by atoms with Gasteiger partial charge in [0.05, 0.1) is 6.04 Å². The average Bonchev–Trinajstić information content (AvgIpc) is 2.37. The van der Waals surface area contributed by atoms with Crippen molar-refractivity contribution in [2.24, 2.45) is 11.7 Å². The van der Waals surface area contributed by atoms with Crippen LogP contribution in [0.3, 0.4) is 0 Å². The highest BCUT2D eigenvalue weighted by molar-refractivity contribution is 5.97. The Labute approximate surface area is 126 Å². The number of amides is 2. The summed E-state index contributed by atoms with van der Waals surface area (Å²) in [6.07, 6.45) is 0.640. The molecule has 2 amide bonds. The molecule has 21 heavy (non-hydrogen) atoms. The van der Waals surface area contributed by atoms with Gasteiger partial charge in [-0.3, -0.25) is 9.59 Å². The van der Waals surface area contributed by atoms with Crippen LogP contribution >= 0.6 is 0 Å². The van der Waals surface area contributed by atoms with Crippen molar-refractivity contribution in [3.8, 4) is 0 Å². The maximum Gasteiger partial charge on any atom is 0.251 e. The van der Waals surface area contributed by atoms with E-state index in [1.54, 1.807) is 24.3 Å². The Hall–Kier alpha value is -1.88. The van der Waals surface area contributed by atoms with Crippen LogP contribution in [-0.4, -0.2) is 23.9 Å². The van der Waals surface area contributed by atoms with Crippen LogP contribution in [0.25, 0.3) is 0 Å². The Morgan fingerprint density at radius 1 is 1.10 bits per heavy atom. The Kier molecular flexibility index (Phi) is 6.37. The summed E-state index contributed by atoms with van der Waals surface area (Å²) in [5, 5.41) is 5.57. The highest BCUT2D eigenvalue weighted by atomic mass is 16.2. The molecule has 0 spiro atoms. The fraction of sp³-hybridized carbons (Fsp3) is 0.500. The molecule has 1 atom stereocenters. The molecule has 1 rings (SSSR count). The topological polar surface area (TPSA) is 84.2 Å². The Morgan fingerprint density at radius 2 is 1.67 bits per heavy atom. The predicted molar refractivity (Wildman–Crippen MR) is 85.1 cm³/mol. The van der Waals surface area contributed by atoms with Crippen LogP contribution in [0.5, 0.6) is 0 Å². The number of carbonyl (C=O) groups is 2. The van der Waals surface area contributed by atoms with E-state index >= 15 is 0 Å². The van der Waals surface area contributed by atoms with E-state index in [9.17, 15) is 9.59 Å².